The third-order valence-corrected chi connectivity index (χ3v) is 6.33. The van der Waals surface area contributed by atoms with Crippen molar-refractivity contribution < 1.29 is 9.13 Å². The first-order valence-electron chi connectivity index (χ1n) is 11.3. The average Bonchev–Trinajstić information content (AvgIpc) is 3.50. The summed E-state index contributed by atoms with van der Waals surface area (Å²) in [7, 11) is 0. The Bertz CT molecular complexity index is 1760. The summed E-state index contributed by atoms with van der Waals surface area (Å²) in [5, 5.41) is 0. The molecule has 0 fully saturated rings. The van der Waals surface area contributed by atoms with Gasteiger partial charge in [0.1, 0.15) is 24.0 Å². The van der Waals surface area contributed by atoms with Crippen LogP contribution in [0.2, 0.25) is 0 Å². The first-order valence-corrected chi connectivity index (χ1v) is 11.3. The molecule has 36 heavy (non-hydrogen) atoms. The first-order chi connectivity index (χ1) is 17.7. The van der Waals surface area contributed by atoms with Crippen molar-refractivity contribution in [2.24, 2.45) is 0 Å². The lowest BCUT2D eigenvalue weighted by Crippen LogP contribution is -2.22. The molecule has 2 N–H and O–H groups in total. The summed E-state index contributed by atoms with van der Waals surface area (Å²) in [5.41, 5.74) is 10.8. The number of hydrogen-bond acceptors (Lipinski definition) is 8. The number of hydrogen-bond donors (Lipinski definition) is 1. The molecule has 5 heterocycles. The van der Waals surface area contributed by atoms with Crippen molar-refractivity contribution in [3.05, 3.63) is 79.0 Å². The van der Waals surface area contributed by atoms with Gasteiger partial charge in [-0.1, -0.05) is 12.1 Å². The van der Waals surface area contributed by atoms with E-state index in [0.29, 0.717) is 47.2 Å². The van der Waals surface area contributed by atoms with E-state index >= 15 is 0 Å². The number of halogens is 1. The number of benzene rings is 2. The highest BCUT2D eigenvalue weighted by Crippen LogP contribution is 2.40. The van der Waals surface area contributed by atoms with Gasteiger partial charge in [-0.15, -0.1) is 0 Å². The van der Waals surface area contributed by atoms with Crippen molar-refractivity contribution >= 4 is 27.9 Å². The van der Waals surface area contributed by atoms with Crippen LogP contribution in [0.5, 0.6) is 5.75 Å². The van der Waals surface area contributed by atoms with Crippen LogP contribution in [-0.4, -0.2) is 45.6 Å². The molecule has 1 aliphatic rings. The quantitative estimate of drug-likeness (QED) is 0.381. The van der Waals surface area contributed by atoms with Gasteiger partial charge in [-0.2, -0.15) is 4.98 Å². The molecule has 7 rings (SSSR count). The molecule has 1 aliphatic heterocycles. The minimum atomic E-state index is -0.399. The summed E-state index contributed by atoms with van der Waals surface area (Å²) >= 11 is 0. The third-order valence-electron chi connectivity index (χ3n) is 6.33. The van der Waals surface area contributed by atoms with E-state index in [1.54, 1.807) is 41.6 Å². The minimum absolute atomic E-state index is 0.247. The number of aromatic nitrogens is 8. The largest absolute Gasteiger partial charge is 0.490 e. The van der Waals surface area contributed by atoms with Crippen LogP contribution in [0, 0.1) is 5.82 Å². The second kappa shape index (κ2) is 7.80. The summed E-state index contributed by atoms with van der Waals surface area (Å²) in [4.78, 5) is 27.1. The van der Waals surface area contributed by atoms with Gasteiger partial charge in [0.15, 0.2) is 17.2 Å². The molecule has 0 aliphatic carbocycles. The Morgan fingerprint density at radius 2 is 1.89 bits per heavy atom. The molecule has 10 nitrogen and oxygen atoms in total. The second-order valence-corrected chi connectivity index (χ2v) is 8.49. The van der Waals surface area contributed by atoms with Gasteiger partial charge in [-0.3, -0.25) is 4.57 Å². The molecule has 0 amide bonds. The zero-order valence-electron chi connectivity index (χ0n) is 18.8. The van der Waals surface area contributed by atoms with Crippen molar-refractivity contribution in [2.75, 3.05) is 12.3 Å². The molecule has 0 spiro atoms. The first kappa shape index (κ1) is 20.4. The molecule has 0 unspecified atom stereocenters. The molecule has 176 valence electrons. The molecular formula is C25H18FN9O. The van der Waals surface area contributed by atoms with E-state index in [0.717, 1.165) is 16.6 Å². The number of anilines is 1. The Morgan fingerprint density at radius 1 is 1.00 bits per heavy atom. The third kappa shape index (κ3) is 3.09. The number of nitrogens with zero attached hydrogens (tertiary/aromatic N) is 8. The summed E-state index contributed by atoms with van der Waals surface area (Å²) < 4.78 is 24.1. The van der Waals surface area contributed by atoms with Crippen LogP contribution in [-0.2, 0) is 0 Å². The predicted molar refractivity (Wildman–Crippen MR) is 130 cm³/mol. The van der Waals surface area contributed by atoms with E-state index in [4.69, 9.17) is 20.4 Å². The standard InChI is InChI=1S/C25H18FN9O/c26-17-3-1-2-16-20(6-7-36-22(16)17)35-23(14-9-28-12-29-10-14)32-19-11-30-25(33-24(19)35)34-13-31-18-5-4-15(27)8-21(18)34/h1-5,8-13,20H,6-7,27H2/t20-/m1/s1. The normalized spacial score (nSPS) is 15.2. The van der Waals surface area contributed by atoms with Gasteiger partial charge in [0.25, 0.3) is 0 Å². The van der Waals surface area contributed by atoms with Crippen molar-refractivity contribution in [1.82, 2.24) is 39.0 Å². The topological polar surface area (TPSA) is 122 Å². The number of imidazole rings is 2. The predicted octanol–water partition coefficient (Wildman–Crippen LogP) is 3.72. The Hall–Kier alpha value is -4.93. The Kier molecular flexibility index (Phi) is 4.43. The number of nitrogens with two attached hydrogens (primary N) is 1. The van der Waals surface area contributed by atoms with E-state index < -0.39 is 5.82 Å². The van der Waals surface area contributed by atoms with Crippen molar-refractivity contribution in [2.45, 2.75) is 12.5 Å². The molecule has 0 saturated heterocycles. The highest BCUT2D eigenvalue weighted by molar-refractivity contribution is 5.81. The van der Waals surface area contributed by atoms with Crippen LogP contribution in [0.3, 0.4) is 0 Å². The highest BCUT2D eigenvalue weighted by Gasteiger charge is 2.30. The van der Waals surface area contributed by atoms with Crippen LogP contribution in [0.1, 0.15) is 18.0 Å². The Morgan fingerprint density at radius 3 is 2.78 bits per heavy atom. The molecule has 0 saturated carbocycles. The minimum Gasteiger partial charge on any atom is -0.490 e. The van der Waals surface area contributed by atoms with Gasteiger partial charge in [-0.25, -0.2) is 29.3 Å². The van der Waals surface area contributed by atoms with E-state index in [1.807, 2.05) is 22.8 Å². The van der Waals surface area contributed by atoms with Gasteiger partial charge >= 0.3 is 0 Å². The molecule has 11 heteroatoms. The molecular weight excluding hydrogens is 461 g/mol. The van der Waals surface area contributed by atoms with Crippen LogP contribution in [0.15, 0.2) is 67.6 Å². The van der Waals surface area contributed by atoms with Crippen LogP contribution in [0.25, 0.3) is 39.5 Å². The summed E-state index contributed by atoms with van der Waals surface area (Å²) in [5.74, 6) is 0.873. The highest BCUT2D eigenvalue weighted by atomic mass is 19.1. The van der Waals surface area contributed by atoms with Crippen LogP contribution < -0.4 is 10.5 Å². The summed E-state index contributed by atoms with van der Waals surface area (Å²) in [6, 6.07) is 10.2. The maximum absolute atomic E-state index is 14.6. The molecule has 1 atom stereocenters. The molecule has 2 aromatic carbocycles. The monoisotopic (exact) mass is 479 g/mol. The van der Waals surface area contributed by atoms with E-state index in [2.05, 4.69) is 19.9 Å². The van der Waals surface area contributed by atoms with Crippen molar-refractivity contribution in [1.29, 1.82) is 0 Å². The Labute approximate surface area is 203 Å². The fourth-order valence-electron chi connectivity index (χ4n) is 4.73. The van der Waals surface area contributed by atoms with Crippen LogP contribution in [0.4, 0.5) is 10.1 Å². The second-order valence-electron chi connectivity index (χ2n) is 8.49. The van der Waals surface area contributed by atoms with Crippen molar-refractivity contribution in [3.8, 4) is 23.1 Å². The maximum Gasteiger partial charge on any atom is 0.237 e. The average molecular weight is 479 g/mol. The number of rotatable bonds is 3. The smallest absolute Gasteiger partial charge is 0.237 e. The molecule has 6 aromatic rings. The van der Waals surface area contributed by atoms with Gasteiger partial charge < -0.3 is 15.0 Å². The van der Waals surface area contributed by atoms with Crippen LogP contribution >= 0.6 is 0 Å². The maximum atomic E-state index is 14.6. The zero-order chi connectivity index (χ0) is 24.2. The lowest BCUT2D eigenvalue weighted by atomic mass is 9.99. The fourth-order valence-corrected chi connectivity index (χ4v) is 4.73. The van der Waals surface area contributed by atoms with Crippen molar-refractivity contribution in [3.63, 3.8) is 0 Å². The number of nitrogen functional groups attached to an aromatic ring is 1. The van der Waals surface area contributed by atoms with Gasteiger partial charge in [0.05, 0.1) is 35.4 Å². The lowest BCUT2D eigenvalue weighted by molar-refractivity contribution is 0.246. The number of fused-ring (bicyclic) bond motifs is 3. The lowest BCUT2D eigenvalue weighted by Gasteiger charge is -2.28. The van der Waals surface area contributed by atoms with E-state index in [9.17, 15) is 4.39 Å². The molecule has 4 aromatic heterocycles. The SMILES string of the molecule is Nc1ccc2ncn(-c3ncc4nc(-c5cncnc5)n([C@@H]5CCOc6c(F)cccc65)c4n3)c2c1. The molecule has 0 radical (unpaired) electrons. The van der Waals surface area contributed by atoms with E-state index in [-0.39, 0.29) is 11.8 Å². The molecule has 0 bridgehead atoms. The van der Waals surface area contributed by atoms with Gasteiger partial charge in [-0.05, 0) is 24.3 Å². The Balaban J connectivity index is 1.49. The summed E-state index contributed by atoms with van der Waals surface area (Å²) in [6.45, 7) is 0.354. The van der Waals surface area contributed by atoms with Gasteiger partial charge in [0.2, 0.25) is 5.95 Å². The number of para-hydroxylation sites is 1. The number of ether oxygens (including phenoxy) is 1. The fraction of sp³-hybridized carbons (Fsp3) is 0.120. The zero-order valence-corrected chi connectivity index (χ0v) is 18.8. The summed E-state index contributed by atoms with van der Waals surface area (Å²) in [6.07, 6.45) is 8.78. The van der Waals surface area contributed by atoms with E-state index in [1.165, 1.54) is 12.4 Å². The van der Waals surface area contributed by atoms with Gasteiger partial charge in [0, 0.05) is 30.1 Å².